The van der Waals surface area contributed by atoms with Crippen molar-refractivity contribution in [3.8, 4) is 0 Å². The van der Waals surface area contributed by atoms with Crippen LogP contribution in [0.25, 0.3) is 0 Å². The number of thiophene rings is 1. The summed E-state index contributed by atoms with van der Waals surface area (Å²) in [6, 6.07) is 8.77. The van der Waals surface area contributed by atoms with Crippen LogP contribution in [0.4, 0.5) is 0 Å². The summed E-state index contributed by atoms with van der Waals surface area (Å²) in [7, 11) is -3.76. The molecule has 2 N–H and O–H groups in total. The molecule has 2 aromatic rings. The molecule has 1 fully saturated rings. The van der Waals surface area contributed by atoms with Crippen molar-refractivity contribution in [1.29, 1.82) is 0 Å². The summed E-state index contributed by atoms with van der Waals surface area (Å²) in [6.45, 7) is 3.04. The number of ketones is 1. The van der Waals surface area contributed by atoms with Gasteiger partial charge in [-0.3, -0.25) is 14.4 Å². The van der Waals surface area contributed by atoms with Crippen LogP contribution < -0.4 is 10.6 Å². The summed E-state index contributed by atoms with van der Waals surface area (Å²) in [5, 5.41) is 8.41. The molecule has 3 atom stereocenters. The van der Waals surface area contributed by atoms with Crippen LogP contribution in [0.1, 0.15) is 29.8 Å². The molecule has 3 rings (SSSR count). The quantitative estimate of drug-likeness (QED) is 0.608. The van der Waals surface area contributed by atoms with E-state index < -0.39 is 45.1 Å². The van der Waals surface area contributed by atoms with Gasteiger partial charge in [0.15, 0.2) is 15.6 Å². The summed E-state index contributed by atoms with van der Waals surface area (Å²) in [5.74, 6) is -2.52. The molecule has 1 aromatic carbocycles. The van der Waals surface area contributed by atoms with Crippen molar-refractivity contribution in [2.45, 2.75) is 37.3 Å². The highest BCUT2D eigenvalue weighted by molar-refractivity contribution is 7.90. The van der Waals surface area contributed by atoms with Gasteiger partial charge in [0.05, 0.1) is 23.2 Å². The number of carbonyl (C=O) groups is 3. The predicted octanol–water partition coefficient (Wildman–Crippen LogP) is 1.32. The Kier molecular flexibility index (Phi) is 6.93. The van der Waals surface area contributed by atoms with E-state index in [1.807, 2.05) is 0 Å². The fraction of sp³-hybridized carbons (Fsp3) is 0.381. The third-order valence-electron chi connectivity index (χ3n) is 5.29. The maximum Gasteiger partial charge on any atom is 0.252 e. The largest absolute Gasteiger partial charge is 0.368 e. The first-order valence-electron chi connectivity index (χ1n) is 9.65. The van der Waals surface area contributed by atoms with Crippen molar-refractivity contribution in [3.05, 3.63) is 58.3 Å². The average molecular weight is 465 g/mol. The number of ether oxygens (including phenoxy) is 1. The standard InChI is InChI=1S/C21H24N2O6S2/c1-14-21(2,18(24)10-29-14)23-20(26)17(22-19(25)16-8-9-30-11-16)13-31(27,28)12-15-6-4-3-5-7-15/h3-9,11,14,17H,10,12-13H2,1-2H3,(H,22,25)(H,23,26). The molecule has 31 heavy (non-hydrogen) atoms. The van der Waals surface area contributed by atoms with Crippen LogP contribution in [0.2, 0.25) is 0 Å². The Morgan fingerprint density at radius 1 is 1.26 bits per heavy atom. The predicted molar refractivity (Wildman–Crippen MR) is 116 cm³/mol. The smallest absolute Gasteiger partial charge is 0.252 e. The molecule has 0 spiro atoms. The maximum absolute atomic E-state index is 13.0. The molecule has 1 saturated heterocycles. The Balaban J connectivity index is 1.81. The number of hydrogen-bond acceptors (Lipinski definition) is 7. The second-order valence-electron chi connectivity index (χ2n) is 7.65. The minimum absolute atomic E-state index is 0.143. The van der Waals surface area contributed by atoms with Crippen molar-refractivity contribution < 1.29 is 27.5 Å². The normalized spacial score (nSPS) is 22.1. The first-order valence-corrected chi connectivity index (χ1v) is 12.4. The zero-order valence-corrected chi connectivity index (χ0v) is 18.8. The first kappa shape index (κ1) is 23.1. The molecule has 3 unspecified atom stereocenters. The van der Waals surface area contributed by atoms with E-state index >= 15 is 0 Å². The molecule has 0 aliphatic carbocycles. The molecule has 10 heteroatoms. The van der Waals surface area contributed by atoms with Crippen LogP contribution in [-0.4, -0.2) is 56.1 Å². The van der Waals surface area contributed by atoms with Crippen LogP contribution in [0.5, 0.6) is 0 Å². The van der Waals surface area contributed by atoms with Crippen molar-refractivity contribution in [3.63, 3.8) is 0 Å². The van der Waals surface area contributed by atoms with Gasteiger partial charge in [-0.15, -0.1) is 0 Å². The molecule has 166 valence electrons. The van der Waals surface area contributed by atoms with E-state index in [-0.39, 0.29) is 18.1 Å². The second kappa shape index (κ2) is 9.29. The maximum atomic E-state index is 13.0. The van der Waals surface area contributed by atoms with Gasteiger partial charge in [0, 0.05) is 5.38 Å². The highest BCUT2D eigenvalue weighted by Gasteiger charge is 2.47. The molecule has 0 bridgehead atoms. The lowest BCUT2D eigenvalue weighted by Crippen LogP contribution is -2.61. The molecule has 1 aliphatic rings. The SMILES string of the molecule is CC1OCC(=O)C1(C)NC(=O)C(CS(=O)(=O)Cc1ccccc1)NC(=O)c1ccsc1. The lowest BCUT2D eigenvalue weighted by Gasteiger charge is -2.29. The number of benzene rings is 1. The summed E-state index contributed by atoms with van der Waals surface area (Å²) in [4.78, 5) is 37.8. The zero-order valence-electron chi connectivity index (χ0n) is 17.2. The molecular weight excluding hydrogens is 440 g/mol. The van der Waals surface area contributed by atoms with E-state index in [0.717, 1.165) is 0 Å². The summed E-state index contributed by atoms with van der Waals surface area (Å²) in [6.07, 6.45) is -0.585. The van der Waals surface area contributed by atoms with Gasteiger partial charge in [0.25, 0.3) is 5.91 Å². The lowest BCUT2D eigenvalue weighted by molar-refractivity contribution is -0.130. The van der Waals surface area contributed by atoms with Crippen molar-refractivity contribution in [2.24, 2.45) is 0 Å². The van der Waals surface area contributed by atoms with E-state index in [2.05, 4.69) is 10.6 Å². The van der Waals surface area contributed by atoms with Crippen LogP contribution >= 0.6 is 11.3 Å². The fourth-order valence-electron chi connectivity index (χ4n) is 3.22. The number of rotatable bonds is 8. The molecule has 2 amide bonds. The van der Waals surface area contributed by atoms with Crippen LogP contribution in [0.15, 0.2) is 47.2 Å². The van der Waals surface area contributed by atoms with Gasteiger partial charge in [-0.05, 0) is 30.9 Å². The summed E-state index contributed by atoms with van der Waals surface area (Å²) >= 11 is 1.30. The lowest BCUT2D eigenvalue weighted by atomic mass is 9.93. The topological polar surface area (TPSA) is 119 Å². The third-order valence-corrected chi connectivity index (χ3v) is 7.59. The van der Waals surface area contributed by atoms with E-state index in [9.17, 15) is 22.8 Å². The molecular formula is C21H24N2O6S2. The van der Waals surface area contributed by atoms with Gasteiger partial charge < -0.3 is 15.4 Å². The number of hydrogen-bond donors (Lipinski definition) is 2. The average Bonchev–Trinajstić information content (AvgIpc) is 3.33. The third kappa shape index (κ3) is 5.57. The second-order valence-corrected chi connectivity index (χ2v) is 10.5. The molecule has 2 heterocycles. The van der Waals surface area contributed by atoms with E-state index in [1.165, 1.54) is 18.3 Å². The van der Waals surface area contributed by atoms with Crippen LogP contribution in [-0.2, 0) is 29.9 Å². The minimum Gasteiger partial charge on any atom is -0.368 e. The van der Waals surface area contributed by atoms with Gasteiger partial charge in [-0.2, -0.15) is 11.3 Å². The Morgan fingerprint density at radius 3 is 2.55 bits per heavy atom. The molecule has 0 radical (unpaired) electrons. The Morgan fingerprint density at radius 2 is 1.97 bits per heavy atom. The van der Waals surface area contributed by atoms with Crippen molar-refractivity contribution in [2.75, 3.05) is 12.4 Å². The van der Waals surface area contributed by atoms with Gasteiger partial charge in [0.1, 0.15) is 18.2 Å². The number of amides is 2. The number of Topliss-reactive ketones (excluding diaryl/α,β-unsaturated/α-hetero) is 1. The van der Waals surface area contributed by atoms with Gasteiger partial charge in [-0.25, -0.2) is 8.42 Å². The van der Waals surface area contributed by atoms with E-state index in [0.29, 0.717) is 11.1 Å². The number of nitrogens with one attached hydrogen (secondary N) is 2. The van der Waals surface area contributed by atoms with E-state index in [4.69, 9.17) is 4.74 Å². The number of carbonyl (C=O) groups excluding carboxylic acids is 3. The monoisotopic (exact) mass is 464 g/mol. The molecule has 0 saturated carbocycles. The highest BCUT2D eigenvalue weighted by Crippen LogP contribution is 2.22. The van der Waals surface area contributed by atoms with Crippen LogP contribution in [0, 0.1) is 0 Å². The van der Waals surface area contributed by atoms with E-state index in [1.54, 1.807) is 54.1 Å². The molecule has 1 aromatic heterocycles. The number of sulfone groups is 1. The van der Waals surface area contributed by atoms with Crippen molar-refractivity contribution >= 4 is 38.8 Å². The Bertz CT molecular complexity index is 1050. The first-order chi connectivity index (χ1) is 14.6. The summed E-state index contributed by atoms with van der Waals surface area (Å²) in [5.41, 5.74) is -0.403. The molecule has 1 aliphatic heterocycles. The van der Waals surface area contributed by atoms with Gasteiger partial charge >= 0.3 is 0 Å². The molecule has 8 nitrogen and oxygen atoms in total. The Hall–Kier alpha value is -2.56. The highest BCUT2D eigenvalue weighted by atomic mass is 32.2. The minimum atomic E-state index is -3.76. The fourth-order valence-corrected chi connectivity index (χ4v) is 5.41. The van der Waals surface area contributed by atoms with Gasteiger partial charge in [0.2, 0.25) is 5.91 Å². The zero-order chi connectivity index (χ0) is 22.6. The van der Waals surface area contributed by atoms with Crippen LogP contribution in [0.3, 0.4) is 0 Å². The van der Waals surface area contributed by atoms with Crippen molar-refractivity contribution in [1.82, 2.24) is 10.6 Å². The Labute approximate surface area is 184 Å². The summed E-state index contributed by atoms with van der Waals surface area (Å²) < 4.78 is 30.9. The van der Waals surface area contributed by atoms with Gasteiger partial charge in [-0.1, -0.05) is 30.3 Å².